The second kappa shape index (κ2) is 4.72. The number of carbonyl (C=O) groups excluding carboxylic acids is 2. The Bertz CT molecular complexity index is 245. The molecule has 2 heterocycles. The van der Waals surface area contributed by atoms with Gasteiger partial charge in [-0.3, -0.25) is 19.8 Å². The lowest BCUT2D eigenvalue weighted by Crippen LogP contribution is -2.55. The smallest absolute Gasteiger partial charge is 0.240 e. The lowest BCUT2D eigenvalue weighted by molar-refractivity contribution is -0.136. The van der Waals surface area contributed by atoms with Crippen molar-refractivity contribution >= 4 is 11.8 Å². The molecule has 1 unspecified atom stereocenters. The highest BCUT2D eigenvalue weighted by Gasteiger charge is 2.25. The first-order valence-electron chi connectivity index (χ1n) is 5.52. The van der Waals surface area contributed by atoms with Gasteiger partial charge in [0.15, 0.2) is 0 Å². The zero-order valence-corrected chi connectivity index (χ0v) is 8.79. The molecule has 1 atom stereocenters. The van der Waals surface area contributed by atoms with Crippen molar-refractivity contribution < 1.29 is 9.59 Å². The number of carbonyl (C=O) groups is 2. The van der Waals surface area contributed by atoms with Gasteiger partial charge in [-0.05, 0) is 19.4 Å². The van der Waals surface area contributed by atoms with Crippen LogP contribution in [-0.2, 0) is 9.59 Å². The van der Waals surface area contributed by atoms with Gasteiger partial charge in [-0.1, -0.05) is 6.42 Å². The third-order valence-corrected chi connectivity index (χ3v) is 2.90. The van der Waals surface area contributed by atoms with E-state index in [1.165, 1.54) is 12.8 Å². The molecule has 84 valence electrons. The minimum absolute atomic E-state index is 0.179. The molecule has 2 N–H and O–H groups in total. The van der Waals surface area contributed by atoms with Crippen LogP contribution in [0.3, 0.4) is 0 Å². The third-order valence-electron chi connectivity index (χ3n) is 2.90. The zero-order chi connectivity index (χ0) is 10.7. The lowest BCUT2D eigenvalue weighted by atomic mass is 10.0. The fourth-order valence-electron chi connectivity index (χ4n) is 2.22. The SMILES string of the molecule is O=C1CN(CC2CCCCN2)CC(=O)N1. The number of hydrogen-bond acceptors (Lipinski definition) is 4. The van der Waals surface area contributed by atoms with Crippen LogP contribution in [0.4, 0.5) is 0 Å². The first-order valence-corrected chi connectivity index (χ1v) is 5.52. The number of hydrogen-bond donors (Lipinski definition) is 2. The van der Waals surface area contributed by atoms with Gasteiger partial charge in [0.05, 0.1) is 13.1 Å². The quantitative estimate of drug-likeness (QED) is 0.580. The van der Waals surface area contributed by atoms with E-state index in [4.69, 9.17) is 0 Å². The van der Waals surface area contributed by atoms with Crippen molar-refractivity contribution in [2.75, 3.05) is 26.2 Å². The van der Waals surface area contributed by atoms with Gasteiger partial charge in [0.25, 0.3) is 0 Å². The van der Waals surface area contributed by atoms with Crippen LogP contribution in [0.2, 0.25) is 0 Å². The lowest BCUT2D eigenvalue weighted by Gasteiger charge is -2.31. The molecule has 0 aromatic carbocycles. The zero-order valence-electron chi connectivity index (χ0n) is 8.79. The Morgan fingerprint density at radius 2 is 1.93 bits per heavy atom. The van der Waals surface area contributed by atoms with Gasteiger partial charge in [-0.2, -0.15) is 0 Å². The molecular weight excluding hydrogens is 194 g/mol. The molecule has 2 aliphatic rings. The van der Waals surface area contributed by atoms with E-state index < -0.39 is 0 Å². The van der Waals surface area contributed by atoms with Gasteiger partial charge in [-0.15, -0.1) is 0 Å². The molecule has 15 heavy (non-hydrogen) atoms. The summed E-state index contributed by atoms with van der Waals surface area (Å²) in [5.41, 5.74) is 0. The maximum absolute atomic E-state index is 11.1. The molecule has 2 amide bonds. The molecule has 2 saturated heterocycles. The van der Waals surface area contributed by atoms with E-state index >= 15 is 0 Å². The van der Waals surface area contributed by atoms with Gasteiger partial charge in [0.2, 0.25) is 11.8 Å². The molecule has 2 aliphatic heterocycles. The molecule has 5 nitrogen and oxygen atoms in total. The standard InChI is InChI=1S/C10H17N3O2/c14-9-6-13(7-10(15)12-9)5-8-3-1-2-4-11-8/h8,11H,1-7H2,(H,12,14,15). The van der Waals surface area contributed by atoms with Gasteiger partial charge in [-0.25, -0.2) is 0 Å². The van der Waals surface area contributed by atoms with Crippen LogP contribution in [0.25, 0.3) is 0 Å². The van der Waals surface area contributed by atoms with E-state index in [-0.39, 0.29) is 11.8 Å². The summed E-state index contributed by atoms with van der Waals surface area (Å²) in [6, 6.07) is 0.442. The van der Waals surface area contributed by atoms with E-state index in [9.17, 15) is 9.59 Å². The number of nitrogens with one attached hydrogen (secondary N) is 2. The van der Waals surface area contributed by atoms with Gasteiger partial charge < -0.3 is 5.32 Å². The minimum Gasteiger partial charge on any atom is -0.313 e. The summed E-state index contributed by atoms with van der Waals surface area (Å²) in [5, 5.41) is 5.72. The van der Waals surface area contributed by atoms with Crippen molar-refractivity contribution in [3.8, 4) is 0 Å². The van der Waals surface area contributed by atoms with E-state index in [0.29, 0.717) is 19.1 Å². The second-order valence-corrected chi connectivity index (χ2v) is 4.29. The van der Waals surface area contributed by atoms with Gasteiger partial charge in [0.1, 0.15) is 0 Å². The van der Waals surface area contributed by atoms with Gasteiger partial charge >= 0.3 is 0 Å². The molecular formula is C10H17N3O2. The van der Waals surface area contributed by atoms with E-state index in [0.717, 1.165) is 19.5 Å². The Hall–Kier alpha value is -0.940. The normalized spacial score (nSPS) is 28.9. The van der Waals surface area contributed by atoms with Crippen molar-refractivity contribution in [2.24, 2.45) is 0 Å². The van der Waals surface area contributed by atoms with Crippen molar-refractivity contribution in [3.05, 3.63) is 0 Å². The molecule has 0 bridgehead atoms. The van der Waals surface area contributed by atoms with Crippen LogP contribution in [0.1, 0.15) is 19.3 Å². The highest BCUT2D eigenvalue weighted by molar-refractivity contribution is 5.99. The second-order valence-electron chi connectivity index (χ2n) is 4.29. The van der Waals surface area contributed by atoms with E-state index in [1.807, 2.05) is 4.90 Å². The number of imide groups is 1. The summed E-state index contributed by atoms with van der Waals surface area (Å²) < 4.78 is 0. The summed E-state index contributed by atoms with van der Waals surface area (Å²) in [5.74, 6) is -0.357. The van der Waals surface area contributed by atoms with Crippen molar-refractivity contribution in [1.29, 1.82) is 0 Å². The third kappa shape index (κ3) is 3.00. The largest absolute Gasteiger partial charge is 0.313 e. The number of piperazine rings is 1. The summed E-state index contributed by atoms with van der Waals surface area (Å²) >= 11 is 0. The molecule has 2 rings (SSSR count). The maximum atomic E-state index is 11.1. The highest BCUT2D eigenvalue weighted by Crippen LogP contribution is 2.09. The Morgan fingerprint density at radius 1 is 1.20 bits per heavy atom. The fraction of sp³-hybridized carbons (Fsp3) is 0.800. The predicted octanol–water partition coefficient (Wildman–Crippen LogP) is -0.913. The number of amides is 2. The Labute approximate surface area is 89.2 Å². The van der Waals surface area contributed by atoms with Crippen LogP contribution < -0.4 is 10.6 Å². The molecule has 0 aliphatic carbocycles. The molecule has 0 aromatic rings. The molecule has 0 spiro atoms. The van der Waals surface area contributed by atoms with Crippen LogP contribution in [0, 0.1) is 0 Å². The van der Waals surface area contributed by atoms with Crippen LogP contribution in [0.15, 0.2) is 0 Å². The highest BCUT2D eigenvalue weighted by atomic mass is 16.2. The molecule has 0 aromatic heterocycles. The topological polar surface area (TPSA) is 61.4 Å². The molecule has 0 radical (unpaired) electrons. The van der Waals surface area contributed by atoms with Gasteiger partial charge in [0, 0.05) is 12.6 Å². The Balaban J connectivity index is 1.82. The first kappa shape index (κ1) is 10.6. The molecule has 2 fully saturated rings. The number of rotatable bonds is 2. The maximum Gasteiger partial charge on any atom is 0.240 e. The van der Waals surface area contributed by atoms with Crippen molar-refractivity contribution in [1.82, 2.24) is 15.5 Å². The number of piperidine rings is 1. The van der Waals surface area contributed by atoms with Crippen LogP contribution in [0.5, 0.6) is 0 Å². The Kier molecular flexibility index (Phi) is 3.33. The predicted molar refractivity (Wildman–Crippen MR) is 55.2 cm³/mol. The van der Waals surface area contributed by atoms with E-state index in [2.05, 4.69) is 10.6 Å². The summed E-state index contributed by atoms with van der Waals surface area (Å²) in [6.45, 7) is 2.56. The van der Waals surface area contributed by atoms with Crippen molar-refractivity contribution in [2.45, 2.75) is 25.3 Å². The fourth-order valence-corrected chi connectivity index (χ4v) is 2.22. The molecule has 5 heteroatoms. The average Bonchev–Trinajstić information content (AvgIpc) is 2.17. The Morgan fingerprint density at radius 3 is 2.53 bits per heavy atom. The first-order chi connectivity index (χ1) is 7.24. The summed E-state index contributed by atoms with van der Waals surface area (Å²) in [4.78, 5) is 24.2. The summed E-state index contributed by atoms with van der Waals surface area (Å²) in [7, 11) is 0. The average molecular weight is 211 g/mol. The molecule has 0 saturated carbocycles. The number of nitrogens with zero attached hydrogens (tertiary/aromatic N) is 1. The minimum atomic E-state index is -0.179. The monoisotopic (exact) mass is 211 g/mol. The summed E-state index contributed by atoms with van der Waals surface area (Å²) in [6.07, 6.45) is 3.62. The van der Waals surface area contributed by atoms with E-state index in [1.54, 1.807) is 0 Å². The van der Waals surface area contributed by atoms with Crippen molar-refractivity contribution in [3.63, 3.8) is 0 Å². The van der Waals surface area contributed by atoms with Crippen LogP contribution >= 0.6 is 0 Å². The van der Waals surface area contributed by atoms with Crippen LogP contribution in [-0.4, -0.2) is 48.9 Å².